The van der Waals surface area contributed by atoms with Crippen LogP contribution in [-0.2, 0) is 9.59 Å². The molecule has 1 fully saturated rings. The van der Waals surface area contributed by atoms with Crippen LogP contribution in [0.3, 0.4) is 0 Å². The summed E-state index contributed by atoms with van der Waals surface area (Å²) in [7, 11) is 0. The Labute approximate surface area is 137 Å². The molecule has 1 aromatic heterocycles. The Morgan fingerprint density at radius 2 is 2.12 bits per heavy atom. The van der Waals surface area contributed by atoms with Gasteiger partial charge in [-0.1, -0.05) is 5.16 Å². The van der Waals surface area contributed by atoms with E-state index in [0.717, 1.165) is 0 Å². The van der Waals surface area contributed by atoms with Crippen LogP contribution >= 0.6 is 0 Å². The van der Waals surface area contributed by atoms with Crippen molar-refractivity contribution in [2.24, 2.45) is 5.92 Å². The summed E-state index contributed by atoms with van der Waals surface area (Å²) in [6.07, 6.45) is 0.150. The smallest absolute Gasteiger partial charge is 0.231 e. The first-order valence-corrected chi connectivity index (χ1v) is 7.54. The standard InChI is InChI=1S/C16H15N3O5/c1-9-4-14(18-24-9)17-16(21)10-5-15(20)19(7-10)11-2-3-12-13(6-11)23-8-22-12/h2-4,6,10H,5,7-8H2,1H3,(H,17,18,21)/t10-/m1/s1. The number of hydrogen-bond donors (Lipinski definition) is 1. The lowest BCUT2D eigenvalue weighted by Crippen LogP contribution is -2.28. The Hall–Kier alpha value is -3.03. The lowest BCUT2D eigenvalue weighted by molar-refractivity contribution is -0.122. The summed E-state index contributed by atoms with van der Waals surface area (Å²) in [5, 5.41) is 6.40. The number of rotatable bonds is 3. The van der Waals surface area contributed by atoms with Crippen LogP contribution < -0.4 is 19.7 Å². The van der Waals surface area contributed by atoms with E-state index >= 15 is 0 Å². The molecule has 1 saturated heterocycles. The molecule has 2 aliphatic heterocycles. The quantitative estimate of drug-likeness (QED) is 0.921. The summed E-state index contributed by atoms with van der Waals surface area (Å²) in [5.74, 6) is 1.42. The molecule has 8 nitrogen and oxygen atoms in total. The molecule has 124 valence electrons. The van der Waals surface area contributed by atoms with E-state index < -0.39 is 5.92 Å². The highest BCUT2D eigenvalue weighted by molar-refractivity contribution is 6.03. The second-order valence-electron chi connectivity index (χ2n) is 5.76. The third-order valence-electron chi connectivity index (χ3n) is 4.04. The number of carbonyl (C=O) groups excluding carboxylic acids is 2. The van der Waals surface area contributed by atoms with Gasteiger partial charge in [-0.15, -0.1) is 0 Å². The summed E-state index contributed by atoms with van der Waals surface area (Å²) >= 11 is 0. The molecule has 2 aromatic rings. The van der Waals surface area contributed by atoms with Gasteiger partial charge in [0.25, 0.3) is 0 Å². The largest absolute Gasteiger partial charge is 0.454 e. The van der Waals surface area contributed by atoms with Gasteiger partial charge in [-0.25, -0.2) is 0 Å². The number of hydrogen-bond acceptors (Lipinski definition) is 6. The molecule has 0 saturated carbocycles. The minimum Gasteiger partial charge on any atom is -0.454 e. The first-order chi connectivity index (χ1) is 11.6. The van der Waals surface area contributed by atoms with Crippen LogP contribution in [0.1, 0.15) is 12.2 Å². The first-order valence-electron chi connectivity index (χ1n) is 7.54. The molecule has 8 heteroatoms. The van der Waals surface area contributed by atoms with Crippen molar-refractivity contribution in [3.8, 4) is 11.5 Å². The van der Waals surface area contributed by atoms with E-state index in [0.29, 0.717) is 35.3 Å². The molecule has 2 aliphatic rings. The normalized spacial score (nSPS) is 19.0. The topological polar surface area (TPSA) is 93.9 Å². The highest BCUT2D eigenvalue weighted by Crippen LogP contribution is 2.37. The average molecular weight is 329 g/mol. The van der Waals surface area contributed by atoms with Crippen LogP contribution in [-0.4, -0.2) is 30.3 Å². The molecular formula is C16H15N3O5. The van der Waals surface area contributed by atoms with E-state index in [4.69, 9.17) is 14.0 Å². The van der Waals surface area contributed by atoms with Gasteiger partial charge in [0.15, 0.2) is 17.3 Å². The Bertz CT molecular complexity index is 816. The SMILES string of the molecule is Cc1cc(NC(=O)[C@@H]2CC(=O)N(c3ccc4c(c3)OCO4)C2)no1. The van der Waals surface area contributed by atoms with Crippen LogP contribution in [0.4, 0.5) is 11.5 Å². The summed E-state index contributed by atoms with van der Waals surface area (Å²) in [6, 6.07) is 6.93. The summed E-state index contributed by atoms with van der Waals surface area (Å²) in [4.78, 5) is 26.2. The fourth-order valence-corrected chi connectivity index (χ4v) is 2.84. The van der Waals surface area contributed by atoms with Gasteiger partial charge in [-0.3, -0.25) is 9.59 Å². The van der Waals surface area contributed by atoms with E-state index in [2.05, 4.69) is 10.5 Å². The molecule has 1 N–H and O–H groups in total. The van der Waals surface area contributed by atoms with Crippen molar-refractivity contribution in [3.05, 3.63) is 30.0 Å². The Morgan fingerprint density at radius 1 is 1.29 bits per heavy atom. The summed E-state index contributed by atoms with van der Waals surface area (Å²) in [5.41, 5.74) is 0.692. The van der Waals surface area contributed by atoms with Crippen molar-refractivity contribution in [1.82, 2.24) is 5.16 Å². The number of ether oxygens (including phenoxy) is 2. The monoisotopic (exact) mass is 329 g/mol. The Kier molecular flexibility index (Phi) is 3.37. The zero-order chi connectivity index (χ0) is 16.7. The summed E-state index contributed by atoms with van der Waals surface area (Å²) < 4.78 is 15.5. The van der Waals surface area contributed by atoms with Crippen molar-refractivity contribution in [3.63, 3.8) is 0 Å². The van der Waals surface area contributed by atoms with Gasteiger partial charge in [0, 0.05) is 30.8 Å². The number of carbonyl (C=O) groups is 2. The van der Waals surface area contributed by atoms with Gasteiger partial charge in [0.1, 0.15) is 5.76 Å². The predicted octanol–water partition coefficient (Wildman–Crippen LogP) is 1.70. The molecular weight excluding hydrogens is 314 g/mol. The second-order valence-corrected chi connectivity index (χ2v) is 5.76. The van der Waals surface area contributed by atoms with Crippen LogP contribution in [0.25, 0.3) is 0 Å². The highest BCUT2D eigenvalue weighted by atomic mass is 16.7. The number of anilines is 2. The first kappa shape index (κ1) is 14.6. The van der Waals surface area contributed by atoms with E-state index in [9.17, 15) is 9.59 Å². The lowest BCUT2D eigenvalue weighted by Gasteiger charge is -2.17. The molecule has 1 atom stereocenters. The van der Waals surface area contributed by atoms with Crippen LogP contribution in [0.2, 0.25) is 0 Å². The second kappa shape index (κ2) is 5.55. The third-order valence-corrected chi connectivity index (χ3v) is 4.04. The van der Waals surface area contributed by atoms with Crippen molar-refractivity contribution in [1.29, 1.82) is 0 Å². The molecule has 0 radical (unpaired) electrons. The minimum absolute atomic E-state index is 0.106. The van der Waals surface area contributed by atoms with Gasteiger partial charge >= 0.3 is 0 Å². The fourth-order valence-electron chi connectivity index (χ4n) is 2.84. The number of aromatic nitrogens is 1. The van der Waals surface area contributed by atoms with Crippen molar-refractivity contribution in [2.75, 3.05) is 23.6 Å². The maximum absolute atomic E-state index is 12.3. The summed E-state index contributed by atoms with van der Waals surface area (Å²) in [6.45, 7) is 2.22. The van der Waals surface area contributed by atoms with Gasteiger partial charge in [-0.2, -0.15) is 0 Å². The number of nitrogens with zero attached hydrogens (tertiary/aromatic N) is 2. The number of fused-ring (bicyclic) bond motifs is 1. The number of amides is 2. The maximum atomic E-state index is 12.3. The maximum Gasteiger partial charge on any atom is 0.231 e. The molecule has 2 amide bonds. The number of nitrogens with one attached hydrogen (secondary N) is 1. The highest BCUT2D eigenvalue weighted by Gasteiger charge is 2.36. The Balaban J connectivity index is 1.47. The van der Waals surface area contributed by atoms with E-state index in [1.807, 2.05) is 0 Å². The minimum atomic E-state index is -0.445. The molecule has 0 bridgehead atoms. The van der Waals surface area contributed by atoms with Crippen molar-refractivity contribution < 1.29 is 23.6 Å². The molecule has 1 aromatic carbocycles. The zero-order valence-corrected chi connectivity index (χ0v) is 12.9. The van der Waals surface area contributed by atoms with Crippen molar-refractivity contribution in [2.45, 2.75) is 13.3 Å². The number of benzene rings is 1. The van der Waals surface area contributed by atoms with Gasteiger partial charge in [-0.05, 0) is 19.1 Å². The van der Waals surface area contributed by atoms with E-state index in [1.54, 1.807) is 36.1 Å². The third kappa shape index (κ3) is 2.55. The fraction of sp³-hybridized carbons (Fsp3) is 0.312. The molecule has 0 unspecified atom stereocenters. The van der Waals surface area contributed by atoms with Gasteiger partial charge < -0.3 is 24.2 Å². The average Bonchev–Trinajstić information content (AvgIpc) is 3.26. The lowest BCUT2D eigenvalue weighted by atomic mass is 10.1. The molecule has 0 spiro atoms. The van der Waals surface area contributed by atoms with Gasteiger partial charge in [0.05, 0.1) is 5.92 Å². The molecule has 0 aliphatic carbocycles. The number of aryl methyl sites for hydroxylation is 1. The van der Waals surface area contributed by atoms with Crippen LogP contribution in [0, 0.1) is 12.8 Å². The van der Waals surface area contributed by atoms with E-state index in [1.165, 1.54) is 0 Å². The van der Waals surface area contributed by atoms with Crippen molar-refractivity contribution >= 4 is 23.3 Å². The van der Waals surface area contributed by atoms with E-state index in [-0.39, 0.29) is 25.0 Å². The van der Waals surface area contributed by atoms with Gasteiger partial charge in [0.2, 0.25) is 18.6 Å². The van der Waals surface area contributed by atoms with Crippen LogP contribution in [0.5, 0.6) is 11.5 Å². The predicted molar refractivity (Wildman–Crippen MR) is 82.9 cm³/mol. The zero-order valence-electron chi connectivity index (χ0n) is 12.9. The Morgan fingerprint density at radius 3 is 2.92 bits per heavy atom. The molecule has 4 rings (SSSR count). The molecule has 24 heavy (non-hydrogen) atoms. The van der Waals surface area contributed by atoms with Crippen LogP contribution in [0.15, 0.2) is 28.8 Å². The molecule has 3 heterocycles.